The monoisotopic (exact) mass is 216 g/mol. The van der Waals surface area contributed by atoms with Crippen LogP contribution in [0.3, 0.4) is 0 Å². The molecule has 0 radical (unpaired) electrons. The van der Waals surface area contributed by atoms with Gasteiger partial charge in [-0.25, -0.2) is 9.18 Å². The quantitative estimate of drug-likeness (QED) is 0.597. The van der Waals surface area contributed by atoms with Gasteiger partial charge in [-0.05, 0) is 6.07 Å². The zero-order valence-electron chi connectivity index (χ0n) is 7.58. The minimum Gasteiger partial charge on any atom is -0.504 e. The Morgan fingerprint density at radius 3 is 2.53 bits per heavy atom. The zero-order chi connectivity index (χ0) is 11.6. The normalized spacial score (nSPS) is 9.80. The molecule has 0 heterocycles. The molecule has 0 spiro atoms. The Hall–Kier alpha value is -1.98. The smallest absolute Gasteiger partial charge is 0.340 e. The van der Waals surface area contributed by atoms with Crippen molar-refractivity contribution in [2.45, 2.75) is 0 Å². The second kappa shape index (κ2) is 4.04. The Bertz CT molecular complexity index is 429. The number of hydrogen-bond acceptors (Lipinski definition) is 4. The summed E-state index contributed by atoms with van der Waals surface area (Å²) in [6, 6.07) is 0.715. The van der Waals surface area contributed by atoms with Gasteiger partial charge in [0.05, 0.1) is 18.2 Å². The topological polar surface area (TPSA) is 63.6 Å². The third-order valence-electron chi connectivity index (χ3n) is 1.74. The Kier molecular flexibility index (Phi) is 2.99. The van der Waals surface area contributed by atoms with Crippen molar-refractivity contribution in [3.05, 3.63) is 28.8 Å². The summed E-state index contributed by atoms with van der Waals surface area (Å²) in [4.78, 5) is 21.3. The van der Waals surface area contributed by atoms with E-state index in [-0.39, 0.29) is 6.29 Å². The number of ether oxygens (including phenoxy) is 1. The average Bonchev–Trinajstić information content (AvgIpc) is 2.25. The second-order valence-electron chi connectivity index (χ2n) is 2.60. The van der Waals surface area contributed by atoms with Crippen LogP contribution in [0.5, 0.6) is 5.75 Å². The molecule has 1 aromatic carbocycles. The van der Waals surface area contributed by atoms with E-state index >= 15 is 0 Å². The molecule has 1 rings (SSSR count). The maximum absolute atomic E-state index is 13.1. The lowest BCUT2D eigenvalue weighted by Crippen LogP contribution is -2.07. The molecule has 0 fully saturated rings. The fraction of sp³-hybridized carbons (Fsp3) is 0.111. The summed E-state index contributed by atoms with van der Waals surface area (Å²) >= 11 is 0. The Morgan fingerprint density at radius 2 is 2.07 bits per heavy atom. The van der Waals surface area contributed by atoms with Crippen LogP contribution in [0.2, 0.25) is 0 Å². The summed E-state index contributed by atoms with van der Waals surface area (Å²) < 4.78 is 30.2. The number of carbonyl (C=O) groups is 2. The summed E-state index contributed by atoms with van der Waals surface area (Å²) in [6.45, 7) is 0. The van der Waals surface area contributed by atoms with Gasteiger partial charge in [-0.3, -0.25) is 4.79 Å². The van der Waals surface area contributed by atoms with Crippen molar-refractivity contribution in [2.24, 2.45) is 0 Å². The van der Waals surface area contributed by atoms with Crippen molar-refractivity contribution in [1.29, 1.82) is 0 Å². The minimum absolute atomic E-state index is 0.101. The summed E-state index contributed by atoms with van der Waals surface area (Å²) in [6.07, 6.45) is 0.101. The van der Waals surface area contributed by atoms with Gasteiger partial charge < -0.3 is 9.84 Å². The molecule has 6 heteroatoms. The van der Waals surface area contributed by atoms with Gasteiger partial charge in [0, 0.05) is 0 Å². The number of phenolic OH excluding ortho intramolecular Hbond substituents is 1. The lowest BCUT2D eigenvalue weighted by atomic mass is 10.1. The number of hydrogen-bond donors (Lipinski definition) is 1. The van der Waals surface area contributed by atoms with Crippen LogP contribution >= 0.6 is 0 Å². The van der Waals surface area contributed by atoms with Crippen LogP contribution in [0.25, 0.3) is 0 Å². The van der Waals surface area contributed by atoms with Gasteiger partial charge in [0.2, 0.25) is 5.82 Å². The number of carbonyl (C=O) groups excluding carboxylic acids is 2. The third-order valence-corrected chi connectivity index (χ3v) is 1.74. The maximum Gasteiger partial charge on any atom is 0.340 e. The molecular formula is C9H6F2O4. The standard InChI is InChI=1S/C9H6F2O4/c1-15-9(14)5-2-4(3-12)8(13)7(11)6(5)10/h2-3,13H,1H3. The van der Waals surface area contributed by atoms with Gasteiger partial charge in [0.25, 0.3) is 0 Å². The van der Waals surface area contributed by atoms with Crippen LogP contribution in [0.4, 0.5) is 8.78 Å². The highest BCUT2D eigenvalue weighted by Crippen LogP contribution is 2.25. The van der Waals surface area contributed by atoms with E-state index in [0.717, 1.165) is 7.11 Å². The SMILES string of the molecule is COC(=O)c1cc(C=O)c(O)c(F)c1F. The first-order valence-corrected chi connectivity index (χ1v) is 3.77. The fourth-order valence-corrected chi connectivity index (χ4v) is 0.984. The highest BCUT2D eigenvalue weighted by molar-refractivity contribution is 5.93. The molecule has 0 amide bonds. The zero-order valence-corrected chi connectivity index (χ0v) is 7.58. The van der Waals surface area contributed by atoms with Gasteiger partial charge in [0.1, 0.15) is 0 Å². The van der Waals surface area contributed by atoms with Crippen molar-refractivity contribution in [1.82, 2.24) is 0 Å². The van der Waals surface area contributed by atoms with Crippen molar-refractivity contribution < 1.29 is 28.2 Å². The van der Waals surface area contributed by atoms with Crippen LogP contribution in [0.15, 0.2) is 6.07 Å². The van der Waals surface area contributed by atoms with E-state index in [0.29, 0.717) is 6.07 Å². The molecule has 0 aliphatic carbocycles. The molecule has 1 N–H and O–H groups in total. The molecular weight excluding hydrogens is 210 g/mol. The van der Waals surface area contributed by atoms with Crippen LogP contribution in [-0.2, 0) is 4.74 Å². The van der Waals surface area contributed by atoms with Crippen LogP contribution in [-0.4, -0.2) is 24.5 Å². The van der Waals surface area contributed by atoms with E-state index in [2.05, 4.69) is 4.74 Å². The van der Waals surface area contributed by atoms with Crippen LogP contribution in [0.1, 0.15) is 20.7 Å². The number of phenols is 1. The summed E-state index contributed by atoms with van der Waals surface area (Å²) in [5.41, 5.74) is -1.26. The first kappa shape index (κ1) is 11.1. The Morgan fingerprint density at radius 1 is 1.47 bits per heavy atom. The molecule has 1 aromatic rings. The van der Waals surface area contributed by atoms with Gasteiger partial charge >= 0.3 is 5.97 Å². The summed E-state index contributed by atoms with van der Waals surface area (Å²) in [7, 11) is 0.979. The average molecular weight is 216 g/mol. The number of aromatic hydroxyl groups is 1. The summed E-state index contributed by atoms with van der Waals surface area (Å²) in [5.74, 6) is -5.46. The predicted molar refractivity (Wildman–Crippen MR) is 44.7 cm³/mol. The maximum atomic E-state index is 13.1. The molecule has 0 aromatic heterocycles. The van der Waals surface area contributed by atoms with E-state index < -0.39 is 34.5 Å². The molecule has 0 atom stereocenters. The molecule has 0 unspecified atom stereocenters. The largest absolute Gasteiger partial charge is 0.504 e. The Labute approximate surface area is 83.1 Å². The van der Waals surface area contributed by atoms with Gasteiger partial charge in [-0.15, -0.1) is 0 Å². The fourth-order valence-electron chi connectivity index (χ4n) is 0.984. The molecule has 80 valence electrons. The predicted octanol–water partition coefficient (Wildman–Crippen LogP) is 1.27. The van der Waals surface area contributed by atoms with Gasteiger partial charge in [-0.1, -0.05) is 0 Å². The molecule has 0 aliphatic rings. The highest BCUT2D eigenvalue weighted by atomic mass is 19.2. The molecule has 0 aliphatic heterocycles. The van der Waals surface area contributed by atoms with E-state index in [1.54, 1.807) is 0 Å². The number of rotatable bonds is 2. The number of halogens is 2. The second-order valence-corrected chi connectivity index (χ2v) is 2.60. The molecule has 4 nitrogen and oxygen atoms in total. The first-order chi connectivity index (χ1) is 7.02. The van der Waals surface area contributed by atoms with E-state index in [9.17, 15) is 18.4 Å². The molecule has 0 saturated carbocycles. The first-order valence-electron chi connectivity index (χ1n) is 3.77. The molecule has 15 heavy (non-hydrogen) atoms. The number of esters is 1. The summed E-state index contributed by atoms with van der Waals surface area (Å²) in [5, 5.41) is 8.96. The highest BCUT2D eigenvalue weighted by Gasteiger charge is 2.22. The van der Waals surface area contributed by atoms with E-state index in [1.165, 1.54) is 0 Å². The van der Waals surface area contributed by atoms with Crippen molar-refractivity contribution in [3.8, 4) is 5.75 Å². The van der Waals surface area contributed by atoms with Crippen LogP contribution < -0.4 is 0 Å². The van der Waals surface area contributed by atoms with Gasteiger partial charge in [-0.2, -0.15) is 4.39 Å². The van der Waals surface area contributed by atoms with Gasteiger partial charge in [0.15, 0.2) is 17.9 Å². The van der Waals surface area contributed by atoms with Crippen molar-refractivity contribution in [3.63, 3.8) is 0 Å². The van der Waals surface area contributed by atoms with Crippen molar-refractivity contribution >= 4 is 12.3 Å². The van der Waals surface area contributed by atoms with E-state index in [1.807, 2.05) is 0 Å². The lowest BCUT2D eigenvalue weighted by Gasteiger charge is -2.05. The Balaban J connectivity index is 3.48. The third kappa shape index (κ3) is 1.78. The lowest BCUT2D eigenvalue weighted by molar-refractivity contribution is 0.0594. The number of methoxy groups -OCH3 is 1. The molecule has 0 bridgehead atoms. The van der Waals surface area contributed by atoms with Crippen LogP contribution in [0, 0.1) is 11.6 Å². The minimum atomic E-state index is -1.65. The molecule has 0 saturated heterocycles. The van der Waals surface area contributed by atoms with E-state index in [4.69, 9.17) is 5.11 Å². The number of aldehydes is 1. The number of benzene rings is 1. The van der Waals surface area contributed by atoms with Crippen molar-refractivity contribution in [2.75, 3.05) is 7.11 Å².